The maximum atomic E-state index is 12.7. The lowest BCUT2D eigenvalue weighted by atomic mass is 9.87. The van der Waals surface area contributed by atoms with Gasteiger partial charge in [0.25, 0.3) is 23.6 Å². The molecule has 4 aromatic carbocycles. The summed E-state index contributed by atoms with van der Waals surface area (Å²) in [6.45, 7) is 24.7. The quantitative estimate of drug-likeness (QED) is 0.0275. The first-order valence-electron chi connectivity index (χ1n) is 42.8. The van der Waals surface area contributed by atoms with Crippen LogP contribution in [0.1, 0.15) is 148 Å². The van der Waals surface area contributed by atoms with Gasteiger partial charge in [-0.25, -0.2) is 18.7 Å². The lowest BCUT2D eigenvalue weighted by Gasteiger charge is -2.38. The third kappa shape index (κ3) is 19.7. The average molecular weight is 2070 g/mol. The number of aromatic nitrogens is 8. The van der Waals surface area contributed by atoms with E-state index in [0.29, 0.717) is 218 Å². The van der Waals surface area contributed by atoms with Crippen molar-refractivity contribution in [2.75, 3.05) is 114 Å². The highest BCUT2D eigenvalue weighted by atomic mass is 79.9. The number of carbonyl (C=O) groups is 8. The fourth-order valence-corrected chi connectivity index (χ4v) is 21.6. The van der Waals surface area contributed by atoms with Crippen molar-refractivity contribution in [3.8, 4) is 67.9 Å². The third-order valence-corrected chi connectivity index (χ3v) is 30.5. The summed E-state index contributed by atoms with van der Waals surface area (Å²) in [6, 6.07) is 18.3. The van der Waals surface area contributed by atoms with E-state index in [2.05, 4.69) is 95.4 Å². The van der Waals surface area contributed by atoms with E-state index in [4.69, 9.17) is 115 Å². The van der Waals surface area contributed by atoms with E-state index in [0.717, 1.165) is 104 Å². The normalized spacial score (nSPS) is 18.5. The van der Waals surface area contributed by atoms with Gasteiger partial charge in [0.15, 0.2) is 0 Å². The number of methoxy groups -OCH3 is 2. The Labute approximate surface area is 801 Å². The Morgan fingerprint density at radius 3 is 0.923 bits per heavy atom. The number of primary amides is 4. The van der Waals surface area contributed by atoms with Gasteiger partial charge in [0, 0.05) is 110 Å². The highest BCUT2D eigenvalue weighted by Gasteiger charge is 2.42. The molecule has 0 aliphatic carbocycles. The number of piperidine rings is 4. The van der Waals surface area contributed by atoms with Gasteiger partial charge in [0.1, 0.15) is 91.1 Å². The van der Waals surface area contributed by atoms with Crippen LogP contribution in [0.25, 0.3) is 56.4 Å². The van der Waals surface area contributed by atoms with Gasteiger partial charge >= 0.3 is 0 Å². The SMILES string of the molecule is C=CC(=O)N1CCC(C2CCNc3c(C(N)=O)c(-c4cc(Br)c(C)c(Br)c4)nn32)CC1.C=CC(=O)N1CCC(C2CCNc3c(C(N)=O)c(-c4cc(Cl)c(Br)c(Cl)c4)nn32)CC1.C=CC(=O)N1CCC(C2CCNc3c(C(N)=O)c(-c4cc(Cl)c(Cl)c(Cl)c4)nn32)CC1.C=CC(=O)N1CCC(C2CCNc3c(C(N)=O)c(-c4cc(OC)c(-c5ccco5)c(OC)c4)nn32)CC1. The topological polar surface area (TPSA) is 405 Å². The van der Waals surface area contributed by atoms with Crippen LogP contribution in [-0.2, 0) is 19.2 Å². The number of carbonyl (C=O) groups excluding carboxylic acids is 8. The number of benzene rings is 4. The van der Waals surface area contributed by atoms with Crippen molar-refractivity contribution in [1.29, 1.82) is 0 Å². The van der Waals surface area contributed by atoms with Crippen molar-refractivity contribution in [2.45, 2.75) is 108 Å². The van der Waals surface area contributed by atoms with Gasteiger partial charge in [-0.1, -0.05) is 116 Å². The van der Waals surface area contributed by atoms with E-state index in [1.54, 1.807) is 50.8 Å². The Kier molecular flexibility index (Phi) is 30.5. The van der Waals surface area contributed by atoms with Crippen LogP contribution in [0.2, 0.25) is 25.1 Å². The van der Waals surface area contributed by atoms with E-state index < -0.39 is 23.6 Å². The molecule has 4 fully saturated rings. The van der Waals surface area contributed by atoms with E-state index in [-0.39, 0.29) is 62.9 Å². The zero-order valence-corrected chi connectivity index (χ0v) is 80.3. The standard InChI is InChI=1S/C27H31N5O5.C22H25Br2N5O2.C21H22BrCl2N5O2.C21H22Cl3N5O2/c1-4-22(33)31-11-8-16(9-12-31)18-7-10-29-27-24(26(28)34)25(30-32(18)27)17-14-20(35-2)23(21(15-17)36-3)19-6-5-13-37-19;1-3-18(30)28-8-5-13(6-9-28)17-4-7-26-22-19(21(25)31)20(27-29(17)22)14-10-15(23)12(2)16(24)11-14;1-2-16(30)28-7-4-11(5-8-28)15-3-6-26-21-17(20(25)31)19(27-29(15)21)12-9-13(23)18(22)14(24)10-12;1-2-16(30)28-7-4-11(5-8-28)15-3-6-26-21-17(20(25)31)19(27-29(15)21)12-9-13(22)18(24)14(23)10-12/h4-6,13-16,18,29H,1,7-12H2,2-3H3,(H2,28,34);3,10-11,13,17,26H,1,4-9H2,2H3,(H2,25,31);2*2,9-11,15,26H,1,3-8H2,(H2,25,31). The molecule has 0 radical (unpaired) electrons. The minimum absolute atomic E-state index is 0.0163. The molecule has 8 amide bonds. The number of amides is 8. The van der Waals surface area contributed by atoms with Gasteiger partial charge in [0.2, 0.25) is 23.6 Å². The molecule has 4 saturated heterocycles. The average Bonchev–Trinajstić information content (AvgIpc) is 1.61. The predicted molar refractivity (Wildman–Crippen MR) is 515 cm³/mol. The first kappa shape index (κ1) is 95.5. The zero-order chi connectivity index (χ0) is 93.0. The number of rotatable bonds is 19. The summed E-state index contributed by atoms with van der Waals surface area (Å²) >= 11 is 41.6. The molecule has 12 N–H and O–H groups in total. The molecule has 5 aromatic heterocycles. The minimum atomic E-state index is -0.585. The number of hydrogen-bond donors (Lipinski definition) is 8. The molecule has 0 spiro atoms. The Morgan fingerprint density at radius 1 is 0.415 bits per heavy atom. The second kappa shape index (κ2) is 41.5. The summed E-state index contributed by atoms with van der Waals surface area (Å²) in [4.78, 5) is 105. The van der Waals surface area contributed by atoms with Gasteiger partial charge in [-0.3, -0.25) is 38.4 Å². The summed E-state index contributed by atoms with van der Waals surface area (Å²) in [5.41, 5.74) is 30.9. The van der Waals surface area contributed by atoms with Crippen LogP contribution in [0, 0.1) is 30.6 Å². The zero-order valence-electron chi connectivity index (χ0n) is 71.8. The number of nitrogens with two attached hydrogens (primary N) is 4. The third-order valence-electron chi connectivity index (χ3n) is 25.7. The van der Waals surface area contributed by atoms with Gasteiger partial charge in [-0.15, -0.1) is 0 Å². The fourth-order valence-electron chi connectivity index (χ4n) is 19.1. The van der Waals surface area contributed by atoms with Crippen molar-refractivity contribution in [3.05, 3.63) is 184 Å². The van der Waals surface area contributed by atoms with Crippen LogP contribution >= 0.6 is 106 Å². The molecule has 4 unspecified atom stereocenters. The van der Waals surface area contributed by atoms with E-state index in [9.17, 15) is 38.4 Å². The maximum absolute atomic E-state index is 12.7. The monoisotopic (exact) mass is 2060 g/mol. The Hall–Kier alpha value is -10.6. The lowest BCUT2D eigenvalue weighted by Crippen LogP contribution is -2.41. The molecule has 17 rings (SSSR count). The first-order valence-corrected chi connectivity index (χ1v) is 47.0. The summed E-state index contributed by atoms with van der Waals surface area (Å²) in [6.07, 6.45) is 17.4. The maximum Gasteiger partial charge on any atom is 0.254 e. The number of halogens is 8. The van der Waals surface area contributed by atoms with Gasteiger partial charge in [-0.2, -0.15) is 20.4 Å². The second-order valence-electron chi connectivity index (χ2n) is 32.9. The van der Waals surface area contributed by atoms with Crippen molar-refractivity contribution in [1.82, 2.24) is 58.7 Å². The summed E-state index contributed by atoms with van der Waals surface area (Å²) in [5.74, 6) is 3.18. The summed E-state index contributed by atoms with van der Waals surface area (Å²) in [5, 5.41) is 34.3. The molecule has 13 heterocycles. The van der Waals surface area contributed by atoms with Crippen LogP contribution in [0.5, 0.6) is 11.5 Å². The molecule has 0 saturated carbocycles. The van der Waals surface area contributed by atoms with E-state index in [1.165, 1.54) is 24.3 Å². The number of ether oxygens (including phenoxy) is 2. The largest absolute Gasteiger partial charge is 0.496 e. The number of nitrogens with one attached hydrogen (secondary N) is 4. The minimum Gasteiger partial charge on any atom is -0.496 e. The number of hydrogen-bond acceptors (Lipinski definition) is 19. The van der Waals surface area contributed by atoms with Crippen LogP contribution < -0.4 is 53.7 Å². The Balaban J connectivity index is 0.000000140. The van der Waals surface area contributed by atoms with Gasteiger partial charge in [-0.05, 0) is 214 Å². The van der Waals surface area contributed by atoms with Crippen LogP contribution in [0.3, 0.4) is 0 Å². The number of likely N-dealkylation sites (tertiary alicyclic amines) is 4. The highest BCUT2D eigenvalue weighted by molar-refractivity contribution is 9.11. The molecule has 130 heavy (non-hydrogen) atoms. The molecular weight excluding hydrogens is 1970 g/mol. The Morgan fingerprint density at radius 2 is 0.677 bits per heavy atom. The summed E-state index contributed by atoms with van der Waals surface area (Å²) in [7, 11) is 3.14. The van der Waals surface area contributed by atoms with Crippen molar-refractivity contribution in [3.63, 3.8) is 0 Å². The second-order valence-corrected chi connectivity index (χ2v) is 37.4. The van der Waals surface area contributed by atoms with Crippen molar-refractivity contribution in [2.24, 2.45) is 46.6 Å². The van der Waals surface area contributed by atoms with E-state index >= 15 is 0 Å². The number of fused-ring (bicyclic) bond motifs is 4. The van der Waals surface area contributed by atoms with Gasteiger partial charge in [0.05, 0.1) is 74.2 Å². The predicted octanol–water partition coefficient (Wildman–Crippen LogP) is 16.9. The molecule has 8 aliphatic heterocycles. The molecule has 9 aromatic rings. The molecule has 4 atom stereocenters. The fraction of sp³-hybridized carbons (Fsp3) is 0.385. The smallest absolute Gasteiger partial charge is 0.254 e. The number of anilines is 4. The van der Waals surface area contributed by atoms with Crippen LogP contribution in [-0.4, -0.2) is 199 Å². The van der Waals surface area contributed by atoms with Crippen LogP contribution in [0.15, 0.2) is 135 Å². The Bertz CT molecular complexity index is 5430. The van der Waals surface area contributed by atoms with Gasteiger partial charge < -0.3 is 77.7 Å². The molecule has 31 nitrogen and oxygen atoms in total. The molecular formula is C91H100Br3Cl5N20O11. The molecule has 39 heteroatoms. The van der Waals surface area contributed by atoms with Crippen molar-refractivity contribution >= 4 is 176 Å². The first-order chi connectivity index (χ1) is 62.4. The summed E-state index contributed by atoms with van der Waals surface area (Å²) < 4.78 is 27.0. The van der Waals surface area contributed by atoms with Crippen molar-refractivity contribution < 1.29 is 52.2 Å². The molecule has 686 valence electrons. The van der Waals surface area contributed by atoms with Crippen LogP contribution in [0.4, 0.5) is 23.3 Å². The lowest BCUT2D eigenvalue weighted by molar-refractivity contribution is -0.128. The molecule has 8 aliphatic rings. The number of furan rings is 1. The molecule has 0 bridgehead atoms. The number of nitrogens with zero attached hydrogens (tertiary/aromatic N) is 12. The van der Waals surface area contributed by atoms with E-state index in [1.807, 2.05) is 75.6 Å². The highest BCUT2D eigenvalue weighted by Crippen LogP contribution is 2.50.